The number of hydrogen-bond acceptors (Lipinski definition) is 5. The Balaban J connectivity index is 1.82. The second-order valence-corrected chi connectivity index (χ2v) is 7.73. The standard InChI is InChI=1S/C14H16N4OS2/c1-9(2)18-6-5-11(17-18)8-21(19)14-16-12-4-3-10(15)7-13(12)20-14/h3-7,9H,8,15H2,1-2H3. The lowest BCUT2D eigenvalue weighted by Crippen LogP contribution is -2.03. The summed E-state index contributed by atoms with van der Waals surface area (Å²) in [5, 5.41) is 4.42. The highest BCUT2D eigenvalue weighted by Crippen LogP contribution is 2.27. The number of aromatic nitrogens is 3. The van der Waals surface area contributed by atoms with Crippen molar-refractivity contribution in [2.75, 3.05) is 5.73 Å². The van der Waals surface area contributed by atoms with Crippen molar-refractivity contribution in [3.8, 4) is 0 Å². The normalized spacial score (nSPS) is 13.1. The van der Waals surface area contributed by atoms with Crippen LogP contribution in [0.3, 0.4) is 0 Å². The summed E-state index contributed by atoms with van der Waals surface area (Å²) in [6, 6.07) is 7.73. The van der Waals surface area contributed by atoms with Crippen LogP contribution in [0, 0.1) is 0 Å². The van der Waals surface area contributed by atoms with Crippen molar-refractivity contribution in [3.05, 3.63) is 36.2 Å². The summed E-state index contributed by atoms with van der Waals surface area (Å²) in [4.78, 5) is 4.42. The molecule has 3 aromatic rings. The molecule has 1 unspecified atom stereocenters. The second-order valence-electron chi connectivity index (χ2n) is 5.08. The minimum absolute atomic E-state index is 0.303. The molecule has 0 aliphatic rings. The van der Waals surface area contributed by atoms with E-state index in [0.717, 1.165) is 15.9 Å². The predicted molar refractivity (Wildman–Crippen MR) is 86.8 cm³/mol. The van der Waals surface area contributed by atoms with E-state index < -0.39 is 10.8 Å². The molecule has 7 heteroatoms. The third kappa shape index (κ3) is 2.98. The highest BCUT2D eigenvalue weighted by molar-refractivity contribution is 7.86. The van der Waals surface area contributed by atoms with Gasteiger partial charge in [0.1, 0.15) is 0 Å². The quantitative estimate of drug-likeness (QED) is 0.750. The van der Waals surface area contributed by atoms with Gasteiger partial charge >= 0.3 is 0 Å². The summed E-state index contributed by atoms with van der Waals surface area (Å²) in [6.07, 6.45) is 1.91. The van der Waals surface area contributed by atoms with Crippen LogP contribution in [-0.4, -0.2) is 19.0 Å². The maximum absolute atomic E-state index is 12.4. The number of hydrogen-bond donors (Lipinski definition) is 1. The van der Waals surface area contributed by atoms with Crippen LogP contribution in [-0.2, 0) is 16.6 Å². The molecule has 5 nitrogen and oxygen atoms in total. The summed E-state index contributed by atoms with van der Waals surface area (Å²) < 4.78 is 15.9. The lowest BCUT2D eigenvalue weighted by atomic mass is 10.3. The predicted octanol–water partition coefficient (Wildman–Crippen LogP) is 2.96. The van der Waals surface area contributed by atoms with Gasteiger partial charge in [-0.1, -0.05) is 0 Å². The Morgan fingerprint density at radius 3 is 2.90 bits per heavy atom. The molecule has 0 bridgehead atoms. The van der Waals surface area contributed by atoms with E-state index in [1.165, 1.54) is 11.3 Å². The monoisotopic (exact) mass is 320 g/mol. The summed E-state index contributed by atoms with van der Waals surface area (Å²) >= 11 is 1.43. The van der Waals surface area contributed by atoms with Crippen LogP contribution in [0.2, 0.25) is 0 Å². The van der Waals surface area contributed by atoms with Crippen molar-refractivity contribution in [1.29, 1.82) is 0 Å². The number of thiazole rings is 1. The number of benzene rings is 1. The average Bonchev–Trinajstić information content (AvgIpc) is 3.04. The van der Waals surface area contributed by atoms with Gasteiger partial charge in [0.05, 0.1) is 32.5 Å². The van der Waals surface area contributed by atoms with E-state index >= 15 is 0 Å². The molecule has 2 aromatic heterocycles. The molecule has 1 atom stereocenters. The van der Waals surface area contributed by atoms with E-state index in [1.807, 2.05) is 29.1 Å². The summed E-state index contributed by atoms with van der Waals surface area (Å²) in [6.45, 7) is 4.12. The molecule has 2 N–H and O–H groups in total. The Hall–Kier alpha value is -1.73. The first-order chi connectivity index (χ1) is 10.0. The van der Waals surface area contributed by atoms with Gasteiger partial charge in [-0.2, -0.15) is 5.10 Å². The van der Waals surface area contributed by atoms with Gasteiger partial charge < -0.3 is 5.73 Å². The average molecular weight is 320 g/mol. The van der Waals surface area contributed by atoms with Crippen LogP contribution in [0.25, 0.3) is 10.2 Å². The summed E-state index contributed by atoms with van der Waals surface area (Å²) in [7, 11) is -1.18. The smallest absolute Gasteiger partial charge is 0.182 e. The Labute approximate surface area is 129 Å². The molecule has 0 spiro atoms. The first kappa shape index (κ1) is 14.2. The molecule has 21 heavy (non-hydrogen) atoms. The lowest BCUT2D eigenvalue weighted by molar-refractivity contribution is 0.528. The molecule has 110 valence electrons. The van der Waals surface area contributed by atoms with Crippen molar-refractivity contribution in [3.63, 3.8) is 0 Å². The number of fused-ring (bicyclic) bond motifs is 1. The van der Waals surface area contributed by atoms with E-state index in [4.69, 9.17) is 5.73 Å². The minimum Gasteiger partial charge on any atom is -0.399 e. The van der Waals surface area contributed by atoms with E-state index in [-0.39, 0.29) is 0 Å². The van der Waals surface area contributed by atoms with Gasteiger partial charge in [-0.25, -0.2) is 4.98 Å². The lowest BCUT2D eigenvalue weighted by Gasteiger charge is -2.03. The van der Waals surface area contributed by atoms with Gasteiger partial charge in [0, 0.05) is 17.9 Å². The Morgan fingerprint density at radius 1 is 1.38 bits per heavy atom. The van der Waals surface area contributed by atoms with Crippen molar-refractivity contribution >= 4 is 38.0 Å². The van der Waals surface area contributed by atoms with Crippen LogP contribution in [0.15, 0.2) is 34.8 Å². The topological polar surface area (TPSA) is 73.8 Å². The fourth-order valence-corrected chi connectivity index (χ4v) is 4.26. The fraction of sp³-hybridized carbons (Fsp3) is 0.286. The zero-order chi connectivity index (χ0) is 15.0. The Kier molecular flexibility index (Phi) is 3.77. The van der Waals surface area contributed by atoms with E-state index in [9.17, 15) is 4.21 Å². The van der Waals surface area contributed by atoms with Crippen molar-refractivity contribution in [2.45, 2.75) is 30.0 Å². The third-order valence-corrected chi connectivity index (χ3v) is 5.72. The van der Waals surface area contributed by atoms with Crippen molar-refractivity contribution in [1.82, 2.24) is 14.8 Å². The molecule has 3 rings (SSSR count). The zero-order valence-corrected chi connectivity index (χ0v) is 13.4. The highest BCUT2D eigenvalue weighted by atomic mass is 32.2. The van der Waals surface area contributed by atoms with Gasteiger partial charge in [-0.15, -0.1) is 11.3 Å². The molecule has 0 aliphatic carbocycles. The van der Waals surface area contributed by atoms with Crippen molar-refractivity contribution in [2.24, 2.45) is 0 Å². The van der Waals surface area contributed by atoms with Gasteiger partial charge in [0.15, 0.2) is 4.34 Å². The largest absolute Gasteiger partial charge is 0.399 e. The second kappa shape index (κ2) is 5.57. The van der Waals surface area contributed by atoms with Crippen molar-refractivity contribution < 1.29 is 4.21 Å². The Morgan fingerprint density at radius 2 is 2.19 bits per heavy atom. The van der Waals surface area contributed by atoms with Gasteiger partial charge in [-0.05, 0) is 38.1 Å². The molecule has 0 fully saturated rings. The first-order valence-corrected chi connectivity index (χ1v) is 8.75. The zero-order valence-electron chi connectivity index (χ0n) is 11.8. The fourth-order valence-electron chi connectivity index (χ4n) is 1.96. The van der Waals surface area contributed by atoms with E-state index in [1.54, 1.807) is 6.07 Å². The van der Waals surface area contributed by atoms with Gasteiger partial charge in [0.2, 0.25) is 0 Å². The number of rotatable bonds is 4. The molecular formula is C14H16N4OS2. The molecule has 0 amide bonds. The number of nitrogens with two attached hydrogens (primary N) is 1. The summed E-state index contributed by atoms with van der Waals surface area (Å²) in [5.74, 6) is 0.384. The SMILES string of the molecule is CC(C)n1ccc(CS(=O)c2nc3ccc(N)cc3s2)n1. The summed E-state index contributed by atoms with van der Waals surface area (Å²) in [5.41, 5.74) is 8.11. The number of anilines is 1. The maximum atomic E-state index is 12.4. The molecule has 1 aromatic carbocycles. The van der Waals surface area contributed by atoms with Gasteiger partial charge in [0.25, 0.3) is 0 Å². The molecular weight excluding hydrogens is 304 g/mol. The Bertz CT molecular complexity index is 806. The first-order valence-electron chi connectivity index (χ1n) is 6.61. The minimum atomic E-state index is -1.18. The van der Waals surface area contributed by atoms with E-state index in [2.05, 4.69) is 23.9 Å². The number of nitrogen functional groups attached to an aromatic ring is 1. The van der Waals surface area contributed by atoms with Crippen LogP contribution in [0.5, 0.6) is 0 Å². The van der Waals surface area contributed by atoms with Crippen LogP contribution in [0.4, 0.5) is 5.69 Å². The molecule has 0 radical (unpaired) electrons. The molecule has 0 saturated carbocycles. The van der Waals surface area contributed by atoms with Crippen LogP contribution < -0.4 is 5.73 Å². The number of nitrogens with zero attached hydrogens (tertiary/aromatic N) is 3. The highest BCUT2D eigenvalue weighted by Gasteiger charge is 2.13. The molecule has 2 heterocycles. The third-order valence-electron chi connectivity index (χ3n) is 3.06. The molecule has 0 aliphatic heterocycles. The maximum Gasteiger partial charge on any atom is 0.182 e. The van der Waals surface area contributed by atoms with Gasteiger partial charge in [-0.3, -0.25) is 8.89 Å². The molecule has 0 saturated heterocycles. The van der Waals surface area contributed by atoms with Crippen LogP contribution >= 0.6 is 11.3 Å². The van der Waals surface area contributed by atoms with Crippen LogP contribution in [0.1, 0.15) is 25.6 Å². The van der Waals surface area contributed by atoms with E-state index in [0.29, 0.717) is 21.8 Å².